The first-order valence-corrected chi connectivity index (χ1v) is 10.8. The van der Waals surface area contributed by atoms with Crippen LogP contribution >= 0.6 is 23.3 Å². The molecule has 2 aliphatic rings. The van der Waals surface area contributed by atoms with Gasteiger partial charge in [0, 0.05) is 29.8 Å². The van der Waals surface area contributed by atoms with Crippen LogP contribution in [0.1, 0.15) is 12.7 Å². The number of nitrogens with one attached hydrogen (secondary N) is 1. The first-order valence-electron chi connectivity index (χ1n) is 8.99. The molecule has 3 rings (SSSR count). The van der Waals surface area contributed by atoms with E-state index in [0.717, 1.165) is 16.4 Å². The predicted molar refractivity (Wildman–Crippen MR) is 113 cm³/mol. The van der Waals surface area contributed by atoms with Crippen molar-refractivity contribution in [3.8, 4) is 0 Å². The van der Waals surface area contributed by atoms with Crippen LogP contribution in [0.4, 0.5) is 5.13 Å². The van der Waals surface area contributed by atoms with Crippen LogP contribution in [-0.2, 0) is 28.8 Å². The van der Waals surface area contributed by atoms with Crippen molar-refractivity contribution < 1.29 is 33.9 Å². The molecule has 1 aromatic heterocycles. The number of fused-ring (bicyclic) bond motifs is 1. The zero-order chi connectivity index (χ0) is 23.4. The summed E-state index contributed by atoms with van der Waals surface area (Å²) >= 11 is 2.08. The second-order valence-corrected chi connectivity index (χ2v) is 8.27. The number of anilines is 1. The summed E-state index contributed by atoms with van der Waals surface area (Å²) in [7, 11) is 0. The van der Waals surface area contributed by atoms with Gasteiger partial charge in [-0.15, -0.1) is 11.8 Å². The van der Waals surface area contributed by atoms with Crippen molar-refractivity contribution in [2.45, 2.75) is 18.3 Å². The number of carboxylic acids is 1. The number of aliphatic carboxylic acids is 1. The van der Waals surface area contributed by atoms with Gasteiger partial charge in [0.05, 0.1) is 0 Å². The van der Waals surface area contributed by atoms with Crippen molar-refractivity contribution in [3.05, 3.63) is 29.7 Å². The number of esters is 1. The lowest BCUT2D eigenvalue weighted by molar-refractivity contribution is -0.150. The molecule has 1 saturated heterocycles. The molecule has 1 unspecified atom stereocenters. The van der Waals surface area contributed by atoms with E-state index in [-0.39, 0.29) is 46.9 Å². The molecule has 0 saturated carbocycles. The number of hydrogen-bond donors (Lipinski definition) is 3. The number of β-lactam (4-membered cyclic amide) rings is 1. The lowest BCUT2D eigenvalue weighted by atomic mass is 10.0. The number of amides is 2. The fourth-order valence-corrected chi connectivity index (χ4v) is 4.62. The molecule has 0 aromatic carbocycles. The van der Waals surface area contributed by atoms with Gasteiger partial charge < -0.3 is 25.7 Å². The van der Waals surface area contributed by atoms with E-state index in [1.54, 1.807) is 0 Å². The fraction of sp³-hybridized carbons (Fsp3) is 0.353. The van der Waals surface area contributed by atoms with E-state index < -0.39 is 35.2 Å². The van der Waals surface area contributed by atoms with Crippen molar-refractivity contribution in [2.24, 2.45) is 5.16 Å². The molecule has 13 nitrogen and oxygen atoms in total. The van der Waals surface area contributed by atoms with Crippen molar-refractivity contribution in [1.29, 1.82) is 0 Å². The fourth-order valence-electron chi connectivity index (χ4n) is 2.86. The number of hydrogen-bond acceptors (Lipinski definition) is 12. The number of nitrogen functional groups attached to an aromatic ring is 1. The summed E-state index contributed by atoms with van der Waals surface area (Å²) in [6.07, 6.45) is 1.42. The third kappa shape index (κ3) is 4.72. The van der Waals surface area contributed by atoms with E-state index >= 15 is 0 Å². The van der Waals surface area contributed by atoms with E-state index in [9.17, 15) is 24.3 Å². The van der Waals surface area contributed by atoms with Gasteiger partial charge in [-0.2, -0.15) is 9.36 Å². The zero-order valence-corrected chi connectivity index (χ0v) is 18.3. The van der Waals surface area contributed by atoms with Crippen molar-refractivity contribution in [2.75, 3.05) is 24.7 Å². The number of carbonyl (C=O) groups excluding carboxylic acids is 3. The molecule has 0 aliphatic carbocycles. The van der Waals surface area contributed by atoms with Gasteiger partial charge in [-0.05, 0) is 0 Å². The molecule has 1 fully saturated rings. The average Bonchev–Trinajstić information content (AvgIpc) is 3.18. The van der Waals surface area contributed by atoms with Gasteiger partial charge in [0.1, 0.15) is 30.3 Å². The Morgan fingerprint density at radius 2 is 2.22 bits per heavy atom. The second-order valence-electron chi connectivity index (χ2n) is 6.38. The molecule has 15 heteroatoms. The standard InChI is InChI=1S/C17H18N6O7S2/c1-3-4-30-21-9(12-20-17(18)32-22-12)13(25)19-10-14(26)23-11(16(27)28)8(5-29-7(2)24)6-31-15(10)23/h3,10,15H,1,4-6H2,2H3,(H,19,25)(H,27,28)(H2,18,20,22)/t10?,15-/m0/s1. The number of thioether (sulfide) groups is 1. The molecule has 2 atom stereocenters. The van der Waals surface area contributed by atoms with Crippen LogP contribution in [0.25, 0.3) is 0 Å². The topological polar surface area (TPSA) is 186 Å². The van der Waals surface area contributed by atoms with Crippen LogP contribution in [-0.4, -0.2) is 79.2 Å². The number of oxime groups is 1. The summed E-state index contributed by atoms with van der Waals surface area (Å²) < 4.78 is 8.81. The summed E-state index contributed by atoms with van der Waals surface area (Å²) in [5.41, 5.74) is 5.29. The van der Waals surface area contributed by atoms with E-state index in [1.165, 1.54) is 24.8 Å². The van der Waals surface area contributed by atoms with Gasteiger partial charge in [-0.1, -0.05) is 17.8 Å². The Hall–Kier alpha value is -3.46. The minimum absolute atomic E-state index is 0.0168. The first-order chi connectivity index (χ1) is 15.2. The first kappa shape index (κ1) is 23.2. The van der Waals surface area contributed by atoms with Crippen molar-refractivity contribution in [3.63, 3.8) is 0 Å². The number of nitrogens with two attached hydrogens (primary N) is 1. The SMILES string of the molecule is C=CCON=C(C(=O)NC1C(=O)N2C(C(=O)O)=C(COC(C)=O)CS[C@@H]12)c1nsc(N)n1. The zero-order valence-electron chi connectivity index (χ0n) is 16.6. The smallest absolute Gasteiger partial charge is 0.352 e. The Bertz CT molecular complexity index is 1040. The lowest BCUT2D eigenvalue weighted by Crippen LogP contribution is -2.71. The summed E-state index contributed by atoms with van der Waals surface area (Å²) in [5.74, 6) is -3.22. The molecule has 4 N–H and O–H groups in total. The van der Waals surface area contributed by atoms with Crippen LogP contribution in [0, 0.1) is 0 Å². The van der Waals surface area contributed by atoms with E-state index in [2.05, 4.69) is 26.4 Å². The molecule has 2 aliphatic heterocycles. The summed E-state index contributed by atoms with van der Waals surface area (Å²) in [4.78, 5) is 58.3. The molecular weight excluding hydrogens is 464 g/mol. The highest BCUT2D eigenvalue weighted by Gasteiger charge is 2.54. The molecule has 3 heterocycles. The Morgan fingerprint density at radius 1 is 1.47 bits per heavy atom. The molecule has 2 amide bonds. The van der Waals surface area contributed by atoms with Crippen molar-refractivity contribution in [1.82, 2.24) is 19.6 Å². The average molecular weight is 483 g/mol. The summed E-state index contributed by atoms with van der Waals surface area (Å²) in [5, 5.41) is 15.3. The number of rotatable bonds is 9. The maximum Gasteiger partial charge on any atom is 0.352 e. The van der Waals surface area contributed by atoms with E-state index in [1.807, 2.05) is 0 Å². The van der Waals surface area contributed by atoms with Gasteiger partial charge >= 0.3 is 11.9 Å². The monoisotopic (exact) mass is 482 g/mol. The molecule has 170 valence electrons. The van der Waals surface area contributed by atoms with Crippen LogP contribution in [0.3, 0.4) is 0 Å². The summed E-state index contributed by atoms with van der Waals surface area (Å²) in [6.45, 7) is 4.45. The van der Waals surface area contributed by atoms with Crippen LogP contribution in [0.2, 0.25) is 0 Å². The highest BCUT2D eigenvalue weighted by Crippen LogP contribution is 2.40. The normalized spacial score (nSPS) is 20.2. The predicted octanol–water partition coefficient (Wildman–Crippen LogP) is -0.671. The molecule has 0 bridgehead atoms. The van der Waals surface area contributed by atoms with Gasteiger partial charge in [0.25, 0.3) is 11.8 Å². The van der Waals surface area contributed by atoms with Gasteiger partial charge in [-0.25, -0.2) is 4.79 Å². The van der Waals surface area contributed by atoms with Gasteiger partial charge in [-0.3, -0.25) is 19.3 Å². The molecular formula is C17H18N6O7S2. The maximum absolute atomic E-state index is 12.8. The minimum atomic E-state index is -1.34. The Kier molecular flexibility index (Phi) is 7.09. The van der Waals surface area contributed by atoms with Gasteiger partial charge in [0.15, 0.2) is 5.13 Å². The van der Waals surface area contributed by atoms with Crippen LogP contribution < -0.4 is 11.1 Å². The quantitative estimate of drug-likeness (QED) is 0.101. The third-order valence-corrected chi connectivity index (χ3v) is 6.09. The maximum atomic E-state index is 12.8. The largest absolute Gasteiger partial charge is 0.477 e. The molecule has 32 heavy (non-hydrogen) atoms. The Balaban J connectivity index is 1.78. The third-order valence-electron chi connectivity index (χ3n) is 4.20. The minimum Gasteiger partial charge on any atom is -0.477 e. The number of carboxylic acid groups (broad SMARTS) is 1. The van der Waals surface area contributed by atoms with E-state index in [4.69, 9.17) is 15.3 Å². The van der Waals surface area contributed by atoms with Crippen LogP contribution in [0.5, 0.6) is 0 Å². The number of aromatic nitrogens is 2. The lowest BCUT2D eigenvalue weighted by Gasteiger charge is -2.49. The van der Waals surface area contributed by atoms with Crippen molar-refractivity contribution >= 4 is 57.9 Å². The highest BCUT2D eigenvalue weighted by molar-refractivity contribution is 8.00. The second kappa shape index (κ2) is 9.78. The van der Waals surface area contributed by atoms with E-state index in [0.29, 0.717) is 0 Å². The Labute approximate surface area is 189 Å². The highest BCUT2D eigenvalue weighted by atomic mass is 32.2. The molecule has 0 radical (unpaired) electrons. The van der Waals surface area contributed by atoms with Crippen LogP contribution in [0.15, 0.2) is 29.1 Å². The van der Waals surface area contributed by atoms with Gasteiger partial charge in [0.2, 0.25) is 11.5 Å². The number of nitrogens with zero attached hydrogens (tertiary/aromatic N) is 4. The summed E-state index contributed by atoms with van der Waals surface area (Å²) in [6, 6.07) is -1.02. The number of ether oxygens (including phenoxy) is 1. The molecule has 1 aromatic rings. The number of carbonyl (C=O) groups is 4. The Morgan fingerprint density at radius 3 is 2.81 bits per heavy atom. The molecule has 0 spiro atoms.